The monoisotopic (exact) mass is 368 g/mol. The maximum Gasteiger partial charge on any atom is 0.490 e. The van der Waals surface area contributed by atoms with Crippen molar-refractivity contribution in [1.82, 2.24) is 10.1 Å². The number of carboxylic acid groups (broad SMARTS) is 1. The number of halogens is 3. The molecule has 0 spiro atoms. The molecule has 4 rings (SSSR count). The Hall–Kier alpha value is -2.35. The first-order valence-corrected chi connectivity index (χ1v) is 8.38. The third-order valence-corrected chi connectivity index (χ3v) is 4.75. The number of carbonyl (C=O) groups is 1. The second kappa shape index (κ2) is 7.49. The van der Waals surface area contributed by atoms with Gasteiger partial charge in [0, 0.05) is 24.2 Å². The normalized spacial score (nSPS) is 22.1. The Labute approximate surface area is 148 Å². The number of aliphatic carboxylic acids is 1. The lowest BCUT2D eigenvalue weighted by Gasteiger charge is -2.25. The van der Waals surface area contributed by atoms with Crippen LogP contribution in [0.2, 0.25) is 0 Å². The summed E-state index contributed by atoms with van der Waals surface area (Å²) in [6.07, 6.45) is -0.906. The molecule has 1 saturated carbocycles. The number of aromatic nitrogens is 1. The van der Waals surface area contributed by atoms with Gasteiger partial charge < -0.3 is 9.63 Å². The Morgan fingerprint density at radius 3 is 2.50 bits per heavy atom. The molecule has 26 heavy (non-hydrogen) atoms. The average molecular weight is 368 g/mol. The van der Waals surface area contributed by atoms with E-state index in [0.29, 0.717) is 0 Å². The van der Waals surface area contributed by atoms with Crippen LogP contribution in [0.25, 0.3) is 11.3 Å². The largest absolute Gasteiger partial charge is 0.490 e. The topological polar surface area (TPSA) is 66.6 Å². The summed E-state index contributed by atoms with van der Waals surface area (Å²) in [5, 5.41) is 11.3. The first-order chi connectivity index (χ1) is 12.3. The first kappa shape index (κ1) is 18.4. The standard InChI is InChI=1S/C16H18N2O.C2HF3O2/c1-2-4-13(5-3-1)16-9-15(19-17-16)11-18-10-12-6-7-14(18)8-12;3-2(4,5)1(6)7/h1-5,9,12,14H,6-8,10-11H2;(H,6,7)/t12-,14-;/m0./s1. The van der Waals surface area contributed by atoms with E-state index in [-0.39, 0.29) is 0 Å². The van der Waals surface area contributed by atoms with E-state index in [1.165, 1.54) is 25.8 Å². The van der Waals surface area contributed by atoms with Gasteiger partial charge in [0.2, 0.25) is 0 Å². The van der Waals surface area contributed by atoms with Gasteiger partial charge in [-0.2, -0.15) is 13.2 Å². The van der Waals surface area contributed by atoms with Gasteiger partial charge >= 0.3 is 12.1 Å². The number of hydrogen-bond donors (Lipinski definition) is 1. The van der Waals surface area contributed by atoms with Crippen LogP contribution in [0.4, 0.5) is 13.2 Å². The van der Waals surface area contributed by atoms with Gasteiger partial charge in [0.25, 0.3) is 0 Å². The van der Waals surface area contributed by atoms with Crippen molar-refractivity contribution in [3.05, 3.63) is 42.2 Å². The number of alkyl halides is 3. The summed E-state index contributed by atoms with van der Waals surface area (Å²) in [5.74, 6) is -0.833. The van der Waals surface area contributed by atoms with Crippen LogP contribution in [0.3, 0.4) is 0 Å². The van der Waals surface area contributed by atoms with E-state index in [1.54, 1.807) is 0 Å². The Bertz CT molecular complexity index is 746. The van der Waals surface area contributed by atoms with Gasteiger partial charge in [0.15, 0.2) is 5.76 Å². The molecule has 2 aliphatic rings. The fourth-order valence-electron chi connectivity index (χ4n) is 3.55. The second-order valence-electron chi connectivity index (χ2n) is 6.61. The van der Waals surface area contributed by atoms with Crippen molar-refractivity contribution in [2.24, 2.45) is 5.92 Å². The zero-order valence-electron chi connectivity index (χ0n) is 13.9. The average Bonchev–Trinajstić information content (AvgIpc) is 3.32. The lowest BCUT2D eigenvalue weighted by Crippen LogP contribution is -2.31. The number of likely N-dealkylation sites (tertiary alicyclic amines) is 1. The van der Waals surface area contributed by atoms with Crippen molar-refractivity contribution in [3.8, 4) is 11.3 Å². The highest BCUT2D eigenvalue weighted by Gasteiger charge is 2.38. The second-order valence-corrected chi connectivity index (χ2v) is 6.61. The van der Waals surface area contributed by atoms with Crippen LogP contribution < -0.4 is 0 Å². The smallest absolute Gasteiger partial charge is 0.475 e. The minimum Gasteiger partial charge on any atom is -0.475 e. The van der Waals surface area contributed by atoms with E-state index in [4.69, 9.17) is 14.4 Å². The summed E-state index contributed by atoms with van der Waals surface area (Å²) in [5.41, 5.74) is 2.07. The van der Waals surface area contributed by atoms with Gasteiger partial charge in [-0.3, -0.25) is 4.90 Å². The SMILES string of the molecule is O=C(O)C(F)(F)F.c1ccc(-c2cc(CN3C[C@H]4CC[C@H]3C4)on2)cc1. The molecule has 2 bridgehead atoms. The van der Waals surface area contributed by atoms with E-state index < -0.39 is 12.1 Å². The highest BCUT2D eigenvalue weighted by Crippen LogP contribution is 2.38. The summed E-state index contributed by atoms with van der Waals surface area (Å²) in [6.45, 7) is 2.16. The Morgan fingerprint density at radius 2 is 1.96 bits per heavy atom. The van der Waals surface area contributed by atoms with E-state index >= 15 is 0 Å². The van der Waals surface area contributed by atoms with Gasteiger partial charge in [-0.05, 0) is 25.2 Å². The van der Waals surface area contributed by atoms with Gasteiger partial charge in [-0.1, -0.05) is 35.5 Å². The Balaban J connectivity index is 0.000000242. The van der Waals surface area contributed by atoms with Gasteiger partial charge in [0.05, 0.1) is 6.54 Å². The molecular weight excluding hydrogens is 349 g/mol. The number of piperidine rings is 1. The van der Waals surface area contributed by atoms with Gasteiger partial charge in [-0.15, -0.1) is 0 Å². The predicted molar refractivity (Wildman–Crippen MR) is 87.2 cm³/mol. The van der Waals surface area contributed by atoms with Crippen LogP contribution >= 0.6 is 0 Å². The summed E-state index contributed by atoms with van der Waals surface area (Å²) in [6, 6.07) is 13.1. The summed E-state index contributed by atoms with van der Waals surface area (Å²) in [4.78, 5) is 11.5. The lowest BCUT2D eigenvalue weighted by atomic mass is 10.1. The van der Waals surface area contributed by atoms with Crippen molar-refractivity contribution in [1.29, 1.82) is 0 Å². The third-order valence-electron chi connectivity index (χ3n) is 4.75. The number of hydrogen-bond acceptors (Lipinski definition) is 4. The molecule has 1 aromatic heterocycles. The molecule has 1 N–H and O–H groups in total. The maximum absolute atomic E-state index is 10.6. The molecule has 1 aliphatic heterocycles. The third kappa shape index (κ3) is 4.43. The summed E-state index contributed by atoms with van der Waals surface area (Å²) in [7, 11) is 0. The number of fused-ring (bicyclic) bond motifs is 2. The minimum atomic E-state index is -5.08. The van der Waals surface area contributed by atoms with Crippen molar-refractivity contribution in [3.63, 3.8) is 0 Å². The van der Waals surface area contributed by atoms with Crippen LogP contribution in [-0.2, 0) is 11.3 Å². The molecule has 1 aromatic carbocycles. The van der Waals surface area contributed by atoms with Crippen molar-refractivity contribution < 1.29 is 27.6 Å². The minimum absolute atomic E-state index is 0.787. The molecule has 2 aromatic rings. The fraction of sp³-hybridized carbons (Fsp3) is 0.444. The number of rotatable bonds is 3. The van der Waals surface area contributed by atoms with E-state index in [9.17, 15) is 13.2 Å². The zero-order chi connectivity index (χ0) is 18.7. The number of nitrogens with zero attached hydrogens (tertiary/aromatic N) is 2. The number of benzene rings is 1. The van der Waals surface area contributed by atoms with Crippen LogP contribution in [0.15, 0.2) is 40.9 Å². The first-order valence-electron chi connectivity index (χ1n) is 8.38. The molecule has 5 nitrogen and oxygen atoms in total. The highest BCUT2D eigenvalue weighted by molar-refractivity contribution is 5.73. The van der Waals surface area contributed by atoms with E-state index in [0.717, 1.165) is 35.5 Å². The van der Waals surface area contributed by atoms with Crippen LogP contribution in [-0.4, -0.2) is 39.9 Å². The van der Waals surface area contributed by atoms with Crippen molar-refractivity contribution in [2.45, 2.75) is 38.0 Å². The molecule has 1 saturated heterocycles. The fourth-order valence-corrected chi connectivity index (χ4v) is 3.55. The number of carboxylic acids is 1. The van der Waals surface area contributed by atoms with Crippen LogP contribution in [0, 0.1) is 5.92 Å². The Kier molecular flexibility index (Phi) is 5.31. The van der Waals surface area contributed by atoms with E-state index in [2.05, 4.69) is 28.3 Å². The van der Waals surface area contributed by atoms with Gasteiger partial charge in [0.1, 0.15) is 5.69 Å². The molecule has 2 heterocycles. The summed E-state index contributed by atoms with van der Waals surface area (Å²) < 4.78 is 37.2. The van der Waals surface area contributed by atoms with Crippen molar-refractivity contribution >= 4 is 5.97 Å². The zero-order valence-corrected chi connectivity index (χ0v) is 13.9. The van der Waals surface area contributed by atoms with Crippen molar-refractivity contribution in [2.75, 3.05) is 6.54 Å². The molecule has 140 valence electrons. The molecule has 1 aliphatic carbocycles. The molecule has 0 radical (unpaired) electrons. The maximum atomic E-state index is 10.6. The molecule has 2 fully saturated rings. The molecule has 8 heteroatoms. The molecular formula is C18H19F3N2O3. The molecule has 0 amide bonds. The van der Waals surface area contributed by atoms with Gasteiger partial charge in [-0.25, -0.2) is 4.79 Å². The Morgan fingerprint density at radius 1 is 1.27 bits per heavy atom. The van der Waals surface area contributed by atoms with E-state index in [1.807, 2.05) is 18.2 Å². The quantitative estimate of drug-likeness (QED) is 0.888. The summed E-state index contributed by atoms with van der Waals surface area (Å²) >= 11 is 0. The van der Waals surface area contributed by atoms with Crippen LogP contribution in [0.5, 0.6) is 0 Å². The lowest BCUT2D eigenvalue weighted by molar-refractivity contribution is -0.192. The molecule has 0 unspecified atom stereocenters. The molecule has 2 atom stereocenters. The van der Waals surface area contributed by atoms with Crippen LogP contribution in [0.1, 0.15) is 25.0 Å². The highest BCUT2D eigenvalue weighted by atomic mass is 19.4. The predicted octanol–water partition coefficient (Wildman–Crippen LogP) is 3.96.